The van der Waals surface area contributed by atoms with Gasteiger partial charge in [0.15, 0.2) is 0 Å². The zero-order valence-electron chi connectivity index (χ0n) is 14.4. The van der Waals surface area contributed by atoms with Gasteiger partial charge in [-0.1, -0.05) is 0 Å². The number of nitrogens with one attached hydrogen (secondary N) is 1. The number of carbonyl (C=O) groups is 2. The quantitative estimate of drug-likeness (QED) is 0.482. The van der Waals surface area contributed by atoms with Crippen LogP contribution in [0.3, 0.4) is 0 Å². The van der Waals surface area contributed by atoms with Gasteiger partial charge in [0.2, 0.25) is 5.82 Å². The molecule has 0 unspecified atom stereocenters. The molecule has 1 aromatic heterocycles. The van der Waals surface area contributed by atoms with Crippen molar-refractivity contribution in [3.63, 3.8) is 0 Å². The lowest BCUT2D eigenvalue weighted by molar-refractivity contribution is -0.391. The molecule has 2 rings (SSSR count). The van der Waals surface area contributed by atoms with E-state index in [2.05, 4.69) is 10.3 Å². The number of carbonyl (C=O) groups excluding carboxylic acids is 2. The molecule has 134 valence electrons. The fraction of sp³-hybridized carbons (Fsp3) is 0.400. The van der Waals surface area contributed by atoms with Gasteiger partial charge in [0.1, 0.15) is 12.1 Å². The smallest absolute Gasteiger partial charge is 0.342 e. The van der Waals surface area contributed by atoms with E-state index in [1.807, 2.05) is 0 Å². The Bertz CT molecular complexity index is 782. The molecule has 0 radical (unpaired) electrons. The van der Waals surface area contributed by atoms with Gasteiger partial charge in [-0.05, 0) is 18.8 Å². The molecule has 25 heavy (non-hydrogen) atoms. The second-order valence-corrected chi connectivity index (χ2v) is 5.41. The predicted octanol–water partition coefficient (Wildman–Crippen LogP) is 0.909. The number of allylic oxidation sites excluding steroid dienone is 2. The maximum atomic E-state index is 12.3. The highest BCUT2D eigenvalue weighted by Crippen LogP contribution is 2.39. The summed E-state index contributed by atoms with van der Waals surface area (Å²) in [5.74, 6) is -2.41. The van der Waals surface area contributed by atoms with Crippen molar-refractivity contribution in [1.82, 2.24) is 14.9 Å². The fourth-order valence-electron chi connectivity index (χ4n) is 2.87. The van der Waals surface area contributed by atoms with Crippen LogP contribution >= 0.6 is 0 Å². The number of imidazole rings is 1. The molecular formula is C15H18N4O6. The molecule has 0 atom stereocenters. The van der Waals surface area contributed by atoms with Gasteiger partial charge >= 0.3 is 17.8 Å². The molecule has 1 aromatic rings. The maximum Gasteiger partial charge on any atom is 0.342 e. The van der Waals surface area contributed by atoms with Crippen LogP contribution in [0.5, 0.6) is 0 Å². The van der Waals surface area contributed by atoms with Gasteiger partial charge in [-0.25, -0.2) is 19.1 Å². The van der Waals surface area contributed by atoms with Crippen molar-refractivity contribution in [3.05, 3.63) is 44.7 Å². The van der Waals surface area contributed by atoms with Crippen LogP contribution in [0.25, 0.3) is 0 Å². The van der Waals surface area contributed by atoms with E-state index in [4.69, 9.17) is 9.47 Å². The van der Waals surface area contributed by atoms with Crippen molar-refractivity contribution in [3.8, 4) is 0 Å². The number of hydrogen-bond acceptors (Lipinski definition) is 8. The zero-order chi connectivity index (χ0) is 18.9. The number of nitrogens with zero attached hydrogens (tertiary/aromatic N) is 3. The Morgan fingerprint density at radius 1 is 1.20 bits per heavy atom. The Hall–Kier alpha value is -3.17. The van der Waals surface area contributed by atoms with Crippen LogP contribution in [-0.4, -0.2) is 40.6 Å². The van der Waals surface area contributed by atoms with Crippen LogP contribution in [0.15, 0.2) is 28.7 Å². The third-order valence-corrected chi connectivity index (χ3v) is 4.02. The van der Waals surface area contributed by atoms with Crippen molar-refractivity contribution >= 4 is 17.8 Å². The molecule has 1 aliphatic heterocycles. The minimum absolute atomic E-state index is 0.136. The van der Waals surface area contributed by atoms with Crippen molar-refractivity contribution in [2.45, 2.75) is 19.8 Å². The monoisotopic (exact) mass is 350 g/mol. The summed E-state index contributed by atoms with van der Waals surface area (Å²) in [5.41, 5.74) is 1.20. The number of ether oxygens (including phenoxy) is 2. The maximum absolute atomic E-state index is 12.3. The lowest BCUT2D eigenvalue weighted by Gasteiger charge is -2.28. The second-order valence-electron chi connectivity index (χ2n) is 5.41. The number of esters is 2. The molecule has 0 amide bonds. The van der Waals surface area contributed by atoms with Gasteiger partial charge in [0.05, 0.1) is 32.4 Å². The van der Waals surface area contributed by atoms with Gasteiger partial charge in [0.25, 0.3) is 0 Å². The molecule has 1 N–H and O–H groups in total. The summed E-state index contributed by atoms with van der Waals surface area (Å²) < 4.78 is 10.9. The molecule has 0 saturated heterocycles. The number of rotatable bonds is 4. The normalized spacial score (nSPS) is 15.1. The number of dihydropyridines is 1. The van der Waals surface area contributed by atoms with E-state index < -0.39 is 22.8 Å². The first kappa shape index (κ1) is 18.2. The van der Waals surface area contributed by atoms with Gasteiger partial charge in [-0.15, -0.1) is 0 Å². The summed E-state index contributed by atoms with van der Waals surface area (Å²) in [7, 11) is 3.87. The van der Waals surface area contributed by atoms with Crippen LogP contribution < -0.4 is 5.32 Å². The fourth-order valence-corrected chi connectivity index (χ4v) is 2.87. The minimum atomic E-state index is -0.958. The Morgan fingerprint density at radius 2 is 1.68 bits per heavy atom. The Labute approximate surface area is 143 Å². The molecule has 1 aliphatic rings. The summed E-state index contributed by atoms with van der Waals surface area (Å²) in [6.07, 6.45) is 1.08. The number of hydrogen-bond donors (Lipinski definition) is 1. The summed E-state index contributed by atoms with van der Waals surface area (Å²) in [6.45, 7) is 3.29. The lowest BCUT2D eigenvalue weighted by Crippen LogP contribution is -2.33. The Morgan fingerprint density at radius 3 is 2.04 bits per heavy atom. The van der Waals surface area contributed by atoms with Crippen LogP contribution in [-0.2, 0) is 26.1 Å². The first-order chi connectivity index (χ1) is 11.7. The molecule has 0 fully saturated rings. The topological polar surface area (TPSA) is 126 Å². The van der Waals surface area contributed by atoms with Crippen LogP contribution in [0.4, 0.5) is 5.82 Å². The lowest BCUT2D eigenvalue weighted by atomic mass is 9.84. The van der Waals surface area contributed by atoms with E-state index in [0.29, 0.717) is 11.4 Å². The number of nitro groups is 1. The van der Waals surface area contributed by atoms with E-state index in [1.165, 1.54) is 25.8 Å². The minimum Gasteiger partial charge on any atom is -0.466 e. The SMILES string of the molecule is COC(=O)C1=C(C)NC(C)=C(C(=O)OC)C1c1ncc([N+](=O)[O-])n1C. The van der Waals surface area contributed by atoms with Crippen molar-refractivity contribution < 1.29 is 24.0 Å². The van der Waals surface area contributed by atoms with Gasteiger partial charge in [-0.2, -0.15) is 0 Å². The molecule has 0 spiro atoms. The second kappa shape index (κ2) is 6.75. The van der Waals surface area contributed by atoms with Crippen LogP contribution in [0.2, 0.25) is 0 Å². The number of methoxy groups -OCH3 is 2. The first-order valence-electron chi connectivity index (χ1n) is 7.25. The average Bonchev–Trinajstić information content (AvgIpc) is 2.94. The molecule has 10 nitrogen and oxygen atoms in total. The standard InChI is InChI=1S/C15H18N4O6/c1-7-10(14(20)24-4)12(11(8(2)17-7)15(21)25-5)13-16-6-9(18(13)3)19(22)23/h6,12,17H,1-5H3. The van der Waals surface area contributed by atoms with E-state index in [-0.39, 0.29) is 22.8 Å². The van der Waals surface area contributed by atoms with Gasteiger partial charge < -0.3 is 24.9 Å². The van der Waals surface area contributed by atoms with Crippen LogP contribution in [0, 0.1) is 10.1 Å². The highest BCUT2D eigenvalue weighted by Gasteiger charge is 2.42. The van der Waals surface area contributed by atoms with Gasteiger partial charge in [0, 0.05) is 11.4 Å². The van der Waals surface area contributed by atoms with E-state index in [1.54, 1.807) is 13.8 Å². The molecule has 0 aromatic carbocycles. The zero-order valence-corrected chi connectivity index (χ0v) is 14.4. The number of aromatic nitrogens is 2. The first-order valence-corrected chi connectivity index (χ1v) is 7.25. The molecule has 0 aliphatic carbocycles. The molecule has 10 heteroatoms. The average molecular weight is 350 g/mol. The summed E-state index contributed by atoms with van der Waals surface area (Å²) in [4.78, 5) is 39.2. The molecule has 0 bridgehead atoms. The molecule has 2 heterocycles. The van der Waals surface area contributed by atoms with Crippen molar-refractivity contribution in [2.24, 2.45) is 7.05 Å². The predicted molar refractivity (Wildman–Crippen MR) is 85.2 cm³/mol. The van der Waals surface area contributed by atoms with Crippen molar-refractivity contribution in [1.29, 1.82) is 0 Å². The summed E-state index contributed by atoms with van der Waals surface area (Å²) in [6, 6.07) is 0. The molecule has 0 saturated carbocycles. The third-order valence-electron chi connectivity index (χ3n) is 4.02. The van der Waals surface area contributed by atoms with E-state index in [9.17, 15) is 19.7 Å². The third kappa shape index (κ3) is 2.97. The Balaban J connectivity index is 2.75. The summed E-state index contributed by atoms with van der Waals surface area (Å²) >= 11 is 0. The largest absolute Gasteiger partial charge is 0.466 e. The van der Waals surface area contributed by atoms with E-state index >= 15 is 0 Å². The highest BCUT2D eigenvalue weighted by molar-refractivity contribution is 5.99. The van der Waals surface area contributed by atoms with Crippen LogP contribution in [0.1, 0.15) is 25.6 Å². The summed E-state index contributed by atoms with van der Waals surface area (Å²) in [5, 5.41) is 14.1. The van der Waals surface area contributed by atoms with E-state index in [0.717, 1.165) is 6.20 Å². The molecular weight excluding hydrogens is 332 g/mol. The Kier molecular flexibility index (Phi) is 4.91. The highest BCUT2D eigenvalue weighted by atomic mass is 16.6. The van der Waals surface area contributed by atoms with Gasteiger partial charge in [-0.3, -0.25) is 0 Å². The van der Waals surface area contributed by atoms with Crippen molar-refractivity contribution in [2.75, 3.05) is 14.2 Å².